The quantitative estimate of drug-likeness (QED) is 0.559. The van der Waals surface area contributed by atoms with Crippen molar-refractivity contribution in [3.63, 3.8) is 0 Å². The number of hydrogen-bond donors (Lipinski definition) is 2. The standard InChI is InChI=1S/C19H25N3O.2ClH/c1-3-22(17-8-5-4-6-9-17)13-7-12-21-19(23)18-14-16(20)11-10-15(18)2;;/h4-6,8-11,14H,3,7,12-13,20H2,1-2H3,(H,21,23);2*1H. The largest absolute Gasteiger partial charge is 0.399 e. The summed E-state index contributed by atoms with van der Waals surface area (Å²) in [5, 5.41) is 2.98. The number of nitrogen functional groups attached to an aromatic ring is 1. The second-order valence-electron chi connectivity index (χ2n) is 5.60. The maximum Gasteiger partial charge on any atom is 0.251 e. The molecule has 3 N–H and O–H groups in total. The first-order chi connectivity index (χ1) is 11.1. The summed E-state index contributed by atoms with van der Waals surface area (Å²) in [4.78, 5) is 14.5. The van der Waals surface area contributed by atoms with Gasteiger partial charge in [0.15, 0.2) is 0 Å². The van der Waals surface area contributed by atoms with Crippen molar-refractivity contribution in [2.75, 3.05) is 30.3 Å². The Morgan fingerprint density at radius 1 is 1.12 bits per heavy atom. The van der Waals surface area contributed by atoms with Crippen LogP contribution in [0.4, 0.5) is 11.4 Å². The number of halogens is 2. The molecule has 0 fully saturated rings. The van der Waals surface area contributed by atoms with Crippen LogP contribution in [-0.2, 0) is 0 Å². The number of hydrogen-bond acceptors (Lipinski definition) is 3. The fourth-order valence-corrected chi connectivity index (χ4v) is 2.56. The van der Waals surface area contributed by atoms with Crippen molar-refractivity contribution in [3.05, 3.63) is 59.7 Å². The lowest BCUT2D eigenvalue weighted by molar-refractivity contribution is 0.0953. The SMILES string of the molecule is CCN(CCCNC(=O)c1cc(N)ccc1C)c1ccccc1.Cl.Cl. The molecule has 2 aromatic carbocycles. The van der Waals surface area contributed by atoms with Crippen molar-refractivity contribution in [2.45, 2.75) is 20.3 Å². The first-order valence-electron chi connectivity index (χ1n) is 8.06. The maximum absolute atomic E-state index is 12.2. The van der Waals surface area contributed by atoms with E-state index in [0.29, 0.717) is 17.8 Å². The Bertz CT molecular complexity index is 650. The molecule has 0 aromatic heterocycles. The second-order valence-corrected chi connectivity index (χ2v) is 5.60. The summed E-state index contributed by atoms with van der Waals surface area (Å²) >= 11 is 0. The Morgan fingerprint density at radius 2 is 1.80 bits per heavy atom. The van der Waals surface area contributed by atoms with Crippen molar-refractivity contribution in [1.29, 1.82) is 0 Å². The van der Waals surface area contributed by atoms with Gasteiger partial charge in [-0.25, -0.2) is 0 Å². The molecule has 0 saturated carbocycles. The normalized spacial score (nSPS) is 9.52. The Labute approximate surface area is 162 Å². The van der Waals surface area contributed by atoms with Gasteiger partial charge >= 0.3 is 0 Å². The Morgan fingerprint density at radius 3 is 2.44 bits per heavy atom. The number of nitrogens with two attached hydrogens (primary N) is 1. The third kappa shape index (κ3) is 6.85. The van der Waals surface area contributed by atoms with E-state index in [1.165, 1.54) is 5.69 Å². The first kappa shape index (κ1) is 23.1. The van der Waals surface area contributed by atoms with Crippen molar-refractivity contribution in [1.82, 2.24) is 5.32 Å². The number of carbonyl (C=O) groups is 1. The van der Waals surface area contributed by atoms with Gasteiger partial charge in [-0.05, 0) is 50.1 Å². The Kier molecular flexibility index (Phi) is 10.7. The summed E-state index contributed by atoms with van der Waals surface area (Å²) in [7, 11) is 0. The molecule has 2 aromatic rings. The third-order valence-electron chi connectivity index (χ3n) is 3.90. The number of aryl methyl sites for hydroxylation is 1. The molecule has 1 amide bonds. The molecule has 0 spiro atoms. The monoisotopic (exact) mass is 383 g/mol. The van der Waals surface area contributed by atoms with E-state index in [0.717, 1.165) is 25.1 Å². The van der Waals surface area contributed by atoms with Crippen LogP contribution in [-0.4, -0.2) is 25.5 Å². The zero-order valence-electron chi connectivity index (χ0n) is 14.7. The van der Waals surface area contributed by atoms with Crippen molar-refractivity contribution in [2.24, 2.45) is 0 Å². The molecule has 0 aliphatic carbocycles. The number of amides is 1. The Hall–Kier alpha value is -1.91. The molecule has 0 unspecified atom stereocenters. The average Bonchev–Trinajstić information content (AvgIpc) is 2.57. The molecule has 0 bridgehead atoms. The van der Waals surface area contributed by atoms with Gasteiger partial charge in [0.2, 0.25) is 0 Å². The van der Waals surface area contributed by atoms with Crippen LogP contribution in [0.2, 0.25) is 0 Å². The average molecular weight is 384 g/mol. The van der Waals surface area contributed by atoms with E-state index in [-0.39, 0.29) is 30.7 Å². The topological polar surface area (TPSA) is 58.4 Å². The van der Waals surface area contributed by atoms with Crippen LogP contribution in [0.15, 0.2) is 48.5 Å². The molecule has 0 aliphatic heterocycles. The number of nitrogens with zero attached hydrogens (tertiary/aromatic N) is 1. The van der Waals surface area contributed by atoms with E-state index in [1.54, 1.807) is 6.07 Å². The zero-order chi connectivity index (χ0) is 16.7. The Balaban J connectivity index is 0.00000288. The number of para-hydroxylation sites is 1. The third-order valence-corrected chi connectivity index (χ3v) is 3.90. The molecule has 25 heavy (non-hydrogen) atoms. The van der Waals surface area contributed by atoms with Gasteiger partial charge in [0.25, 0.3) is 5.91 Å². The van der Waals surface area contributed by atoms with E-state index < -0.39 is 0 Å². The van der Waals surface area contributed by atoms with Gasteiger partial charge in [0.05, 0.1) is 0 Å². The fraction of sp³-hybridized carbons (Fsp3) is 0.316. The lowest BCUT2D eigenvalue weighted by atomic mass is 10.1. The molecule has 0 radical (unpaired) electrons. The van der Waals surface area contributed by atoms with Crippen LogP contribution in [0.1, 0.15) is 29.3 Å². The molecular weight excluding hydrogens is 357 g/mol. The van der Waals surface area contributed by atoms with Gasteiger partial charge in [-0.1, -0.05) is 24.3 Å². The van der Waals surface area contributed by atoms with Crippen LogP contribution in [0.25, 0.3) is 0 Å². The first-order valence-corrected chi connectivity index (χ1v) is 8.06. The van der Waals surface area contributed by atoms with Crippen LogP contribution >= 0.6 is 24.8 Å². The highest BCUT2D eigenvalue weighted by Crippen LogP contribution is 2.14. The number of anilines is 2. The smallest absolute Gasteiger partial charge is 0.251 e. The summed E-state index contributed by atoms with van der Waals surface area (Å²) in [6.07, 6.45) is 0.899. The highest BCUT2D eigenvalue weighted by molar-refractivity contribution is 5.96. The van der Waals surface area contributed by atoms with Gasteiger partial charge in [0.1, 0.15) is 0 Å². The fourth-order valence-electron chi connectivity index (χ4n) is 2.56. The van der Waals surface area contributed by atoms with Crippen molar-refractivity contribution >= 4 is 42.1 Å². The predicted molar refractivity (Wildman–Crippen MR) is 111 cm³/mol. The summed E-state index contributed by atoms with van der Waals surface area (Å²) in [6.45, 7) is 6.57. The number of benzene rings is 2. The summed E-state index contributed by atoms with van der Waals surface area (Å²) in [5.74, 6) is -0.0578. The van der Waals surface area contributed by atoms with Gasteiger partial charge < -0.3 is 16.0 Å². The highest BCUT2D eigenvalue weighted by Gasteiger charge is 2.09. The number of nitrogens with one attached hydrogen (secondary N) is 1. The number of rotatable bonds is 7. The minimum Gasteiger partial charge on any atom is -0.399 e. The molecule has 2 rings (SSSR count). The van der Waals surface area contributed by atoms with E-state index in [2.05, 4.69) is 29.3 Å². The molecule has 4 nitrogen and oxygen atoms in total. The van der Waals surface area contributed by atoms with Crippen LogP contribution in [0.5, 0.6) is 0 Å². The van der Waals surface area contributed by atoms with Gasteiger partial charge in [-0.2, -0.15) is 0 Å². The summed E-state index contributed by atoms with van der Waals surface area (Å²) < 4.78 is 0. The minimum absolute atomic E-state index is 0. The maximum atomic E-state index is 12.2. The van der Waals surface area contributed by atoms with Gasteiger partial charge in [-0.3, -0.25) is 4.79 Å². The second kappa shape index (κ2) is 11.6. The van der Waals surface area contributed by atoms with Crippen LogP contribution in [0, 0.1) is 6.92 Å². The minimum atomic E-state index is -0.0578. The molecule has 0 aliphatic rings. The summed E-state index contributed by atoms with van der Waals surface area (Å²) in [6, 6.07) is 15.7. The molecule has 138 valence electrons. The molecule has 0 heterocycles. The van der Waals surface area contributed by atoms with Crippen molar-refractivity contribution < 1.29 is 4.79 Å². The zero-order valence-corrected chi connectivity index (χ0v) is 16.3. The van der Waals surface area contributed by atoms with Crippen LogP contribution in [0.3, 0.4) is 0 Å². The van der Waals surface area contributed by atoms with Crippen molar-refractivity contribution in [3.8, 4) is 0 Å². The van der Waals surface area contributed by atoms with E-state index >= 15 is 0 Å². The van der Waals surface area contributed by atoms with Crippen LogP contribution < -0.4 is 16.0 Å². The van der Waals surface area contributed by atoms with Gasteiger partial charge in [0, 0.05) is 36.6 Å². The predicted octanol–water partition coefficient (Wildman–Crippen LogP) is 4.07. The molecule has 6 heteroatoms. The lowest BCUT2D eigenvalue weighted by Crippen LogP contribution is -2.30. The van der Waals surface area contributed by atoms with E-state index in [1.807, 2.05) is 37.3 Å². The van der Waals surface area contributed by atoms with E-state index in [9.17, 15) is 4.79 Å². The van der Waals surface area contributed by atoms with E-state index in [4.69, 9.17) is 5.73 Å². The summed E-state index contributed by atoms with van der Waals surface area (Å²) in [5.41, 5.74) is 9.18. The lowest BCUT2D eigenvalue weighted by Gasteiger charge is -2.23. The molecule has 0 atom stereocenters. The molecule has 0 saturated heterocycles. The highest BCUT2D eigenvalue weighted by atomic mass is 35.5. The van der Waals surface area contributed by atoms with Gasteiger partial charge in [-0.15, -0.1) is 24.8 Å². The number of carbonyl (C=O) groups excluding carboxylic acids is 1. The molecular formula is C19H27Cl2N3O.